The first-order chi connectivity index (χ1) is 22.7. The Labute approximate surface area is 284 Å². The lowest BCUT2D eigenvalue weighted by molar-refractivity contribution is -0.928. The van der Waals surface area contributed by atoms with Crippen LogP contribution in [0, 0.1) is 5.92 Å². The first-order valence-electron chi connectivity index (χ1n) is 17.6. The fourth-order valence-corrected chi connectivity index (χ4v) is 10.2. The number of nitrogens with two attached hydrogens (primary N) is 2. The normalized spacial score (nSPS) is 31.6. The van der Waals surface area contributed by atoms with E-state index in [9.17, 15) is 14.4 Å². The number of unbranched alkanes of at least 4 members (excludes halogenated alkanes) is 4. The largest absolute Gasteiger partial charge is 0.504 e. The zero-order valence-electron chi connectivity index (χ0n) is 28.6. The predicted octanol–water partition coefficient (Wildman–Crippen LogP) is 3.61. The molecule has 7 unspecified atom stereocenters. The van der Waals surface area contributed by atoms with E-state index in [0.29, 0.717) is 30.3 Å². The molecule has 11 heteroatoms. The van der Waals surface area contributed by atoms with Crippen LogP contribution in [0.3, 0.4) is 0 Å². The Bertz CT molecular complexity index is 1310. The molecule has 1 spiro atoms. The minimum absolute atomic E-state index is 0.0162. The van der Waals surface area contributed by atoms with E-state index in [0.717, 1.165) is 98.8 Å². The van der Waals surface area contributed by atoms with Crippen LogP contribution in [-0.2, 0) is 29.3 Å². The van der Waals surface area contributed by atoms with Crippen LogP contribution in [-0.4, -0.2) is 98.8 Å². The molecule has 4 aliphatic rings. The van der Waals surface area contributed by atoms with Gasteiger partial charge in [-0.2, -0.15) is 11.8 Å². The van der Waals surface area contributed by atoms with E-state index in [4.69, 9.17) is 20.9 Å². The van der Waals surface area contributed by atoms with E-state index in [1.807, 2.05) is 22.7 Å². The third-order valence-corrected chi connectivity index (χ3v) is 13.0. The summed E-state index contributed by atoms with van der Waals surface area (Å²) in [4.78, 5) is 41.6. The molecule has 3 saturated heterocycles. The number of quaternary nitrogens is 1. The highest BCUT2D eigenvalue weighted by atomic mass is 32.2. The van der Waals surface area contributed by atoms with Gasteiger partial charge < -0.3 is 35.6 Å². The van der Waals surface area contributed by atoms with Crippen molar-refractivity contribution >= 4 is 35.2 Å². The molecular weight excluding hydrogens is 614 g/mol. The number of piperidine rings is 1. The summed E-state index contributed by atoms with van der Waals surface area (Å²) in [5.41, 5.74) is 14.3. The fraction of sp³-hybridized carbons (Fsp3) is 0.694. The summed E-state index contributed by atoms with van der Waals surface area (Å²) in [5, 5.41) is 3.50. The molecule has 10 nitrogen and oxygen atoms in total. The number of thioether (sulfide) groups is 1. The fourth-order valence-electron chi connectivity index (χ4n) is 8.73. The topological polar surface area (TPSA) is 137 Å². The van der Waals surface area contributed by atoms with Gasteiger partial charge in [0, 0.05) is 73.5 Å². The molecule has 7 atom stereocenters. The van der Waals surface area contributed by atoms with Gasteiger partial charge in [0.15, 0.2) is 0 Å². The average Bonchev–Trinajstić information content (AvgIpc) is 3.65. The number of carbonyl (C=O) groups is 3. The zero-order chi connectivity index (χ0) is 33.6. The van der Waals surface area contributed by atoms with Crippen LogP contribution in [0.15, 0.2) is 36.1 Å². The first-order valence-corrected chi connectivity index (χ1v) is 18.7. The molecular formula is C36H56N5O5S+. The molecule has 4 heterocycles. The summed E-state index contributed by atoms with van der Waals surface area (Å²) in [7, 11) is 5.25. The van der Waals surface area contributed by atoms with Gasteiger partial charge in [-0.05, 0) is 37.3 Å². The Morgan fingerprint density at radius 2 is 1.89 bits per heavy atom. The van der Waals surface area contributed by atoms with Gasteiger partial charge in [-0.25, -0.2) is 4.79 Å². The molecule has 4 aliphatic heterocycles. The minimum atomic E-state index is -0.586. The number of hydrogen-bond acceptors (Lipinski definition) is 8. The zero-order valence-corrected chi connectivity index (χ0v) is 29.4. The number of likely N-dealkylation sites (N-methyl/N-ethyl adjacent to an activating group) is 1. The number of amides is 2. The summed E-state index contributed by atoms with van der Waals surface area (Å²) in [5.74, 6) is 0.896. The smallest absolute Gasteiger partial charge is 0.337 e. The van der Waals surface area contributed by atoms with Gasteiger partial charge >= 0.3 is 5.97 Å². The molecule has 0 radical (unpaired) electrons. The molecule has 3 fully saturated rings. The van der Waals surface area contributed by atoms with E-state index >= 15 is 0 Å². The second-order valence-corrected chi connectivity index (χ2v) is 15.6. The molecule has 1 aromatic rings. The Kier molecular flexibility index (Phi) is 12.0. The van der Waals surface area contributed by atoms with Crippen molar-refractivity contribution in [1.29, 1.82) is 0 Å². The van der Waals surface area contributed by atoms with Crippen LogP contribution < -0.4 is 21.7 Å². The first kappa shape index (κ1) is 35.7. The third kappa shape index (κ3) is 7.38. The molecule has 0 bridgehead atoms. The maximum Gasteiger partial charge on any atom is 0.337 e. The number of nitrogens with one attached hydrogen (secondary N) is 1. The van der Waals surface area contributed by atoms with Crippen molar-refractivity contribution < 1.29 is 28.3 Å². The maximum atomic E-state index is 14.6. The standard InChI is InChI=1S/C36H55N5O5S/c1-41-20-16-25(26(23-45-2)34(43)46-3)22-31(41)36(17-21-41)27-12-6-7-13-29(27)40(35(36)44)19-11-5-4-10-18-39-32(42)15-9-8-14-30-33(38)28(37)24-47-30/h6-7,12-13,23,25,28,30-31,33H,4-5,8-11,14-22,24,37-38H2,1-3H3/p+1. The van der Waals surface area contributed by atoms with E-state index in [1.165, 1.54) is 13.4 Å². The van der Waals surface area contributed by atoms with Gasteiger partial charge in [-0.1, -0.05) is 37.5 Å². The number of nitrogens with zero attached hydrogens (tertiary/aromatic N) is 2. The monoisotopic (exact) mass is 670 g/mol. The Balaban J connectivity index is 1.10. The average molecular weight is 671 g/mol. The number of anilines is 1. The summed E-state index contributed by atoms with van der Waals surface area (Å²) in [6, 6.07) is 8.58. The SMILES string of the molecule is COC=C(C(=O)OC)C1CC[N+]2(C)CCC3(C(=O)N(CCCCCCNC(=O)CCCCC4SCC(N)C4N)c4ccccc43)C2C1. The number of ether oxygens (including phenoxy) is 2. The van der Waals surface area contributed by atoms with Crippen molar-refractivity contribution in [2.24, 2.45) is 17.4 Å². The summed E-state index contributed by atoms with van der Waals surface area (Å²) >= 11 is 1.87. The van der Waals surface area contributed by atoms with Crippen LogP contribution in [0.2, 0.25) is 0 Å². The molecule has 0 saturated carbocycles. The quantitative estimate of drug-likeness (QED) is 0.0847. The predicted molar refractivity (Wildman–Crippen MR) is 187 cm³/mol. The van der Waals surface area contributed by atoms with E-state index in [1.54, 1.807) is 7.11 Å². The number of para-hydroxylation sites is 1. The Hall–Kier alpha value is -2.60. The van der Waals surface area contributed by atoms with Crippen molar-refractivity contribution in [2.45, 2.75) is 99.4 Å². The third-order valence-electron chi connectivity index (χ3n) is 11.4. The van der Waals surface area contributed by atoms with Crippen LogP contribution in [0.25, 0.3) is 0 Å². The van der Waals surface area contributed by atoms with Gasteiger partial charge in [0.25, 0.3) is 0 Å². The lowest BCUT2D eigenvalue weighted by Crippen LogP contribution is -2.60. The van der Waals surface area contributed by atoms with Crippen LogP contribution >= 0.6 is 11.8 Å². The number of carbonyl (C=O) groups excluding carboxylic acids is 3. The van der Waals surface area contributed by atoms with E-state index in [-0.39, 0.29) is 41.8 Å². The number of benzene rings is 1. The molecule has 1 aromatic carbocycles. The minimum Gasteiger partial charge on any atom is -0.504 e. The van der Waals surface area contributed by atoms with Crippen molar-refractivity contribution in [3.8, 4) is 0 Å². The Morgan fingerprint density at radius 3 is 2.64 bits per heavy atom. The van der Waals surface area contributed by atoms with Crippen LogP contribution in [0.4, 0.5) is 5.69 Å². The van der Waals surface area contributed by atoms with Gasteiger partial charge in [0.2, 0.25) is 11.8 Å². The molecule has 5 rings (SSSR count). The summed E-state index contributed by atoms with van der Waals surface area (Å²) < 4.78 is 11.2. The number of esters is 1. The van der Waals surface area contributed by atoms with Crippen molar-refractivity contribution in [3.63, 3.8) is 0 Å². The maximum absolute atomic E-state index is 14.6. The summed E-state index contributed by atoms with van der Waals surface area (Å²) in [6.45, 7) is 3.23. The number of rotatable bonds is 15. The highest BCUT2D eigenvalue weighted by molar-refractivity contribution is 8.00. The number of hydrogen-bond donors (Lipinski definition) is 3. The molecule has 0 aliphatic carbocycles. The van der Waals surface area contributed by atoms with Gasteiger partial charge in [-0.15, -0.1) is 0 Å². The second kappa shape index (κ2) is 15.7. The number of methoxy groups -OCH3 is 2. The van der Waals surface area contributed by atoms with Gasteiger partial charge in [-0.3, -0.25) is 9.59 Å². The molecule has 2 amide bonds. The van der Waals surface area contributed by atoms with Crippen molar-refractivity contribution in [2.75, 3.05) is 58.1 Å². The second-order valence-electron chi connectivity index (χ2n) is 14.3. The molecule has 0 aromatic heterocycles. The van der Waals surface area contributed by atoms with Crippen LogP contribution in [0.1, 0.15) is 76.2 Å². The van der Waals surface area contributed by atoms with Crippen molar-refractivity contribution in [1.82, 2.24) is 5.32 Å². The molecule has 47 heavy (non-hydrogen) atoms. The van der Waals surface area contributed by atoms with Crippen molar-refractivity contribution in [3.05, 3.63) is 41.7 Å². The highest BCUT2D eigenvalue weighted by Gasteiger charge is 2.67. The van der Waals surface area contributed by atoms with E-state index in [2.05, 4.69) is 30.6 Å². The summed E-state index contributed by atoms with van der Waals surface area (Å²) in [6.07, 6.45) is 11.3. The number of fused-ring (bicyclic) bond motifs is 4. The molecule has 5 N–H and O–H groups in total. The molecule has 260 valence electrons. The van der Waals surface area contributed by atoms with Gasteiger partial charge in [0.05, 0.1) is 46.2 Å². The lowest BCUT2D eigenvalue weighted by atomic mass is 9.69. The van der Waals surface area contributed by atoms with Gasteiger partial charge in [0.1, 0.15) is 11.5 Å². The lowest BCUT2D eigenvalue weighted by Gasteiger charge is -2.46. The van der Waals surface area contributed by atoms with E-state index < -0.39 is 5.41 Å². The Morgan fingerprint density at radius 1 is 1.11 bits per heavy atom. The highest BCUT2D eigenvalue weighted by Crippen LogP contribution is 2.56. The van der Waals surface area contributed by atoms with Crippen LogP contribution in [0.5, 0.6) is 0 Å².